The lowest BCUT2D eigenvalue weighted by Gasteiger charge is -2.06. The van der Waals surface area contributed by atoms with Crippen LogP contribution in [-0.4, -0.2) is 31.8 Å². The van der Waals surface area contributed by atoms with Gasteiger partial charge in [-0.2, -0.15) is 0 Å². The van der Waals surface area contributed by atoms with Crippen molar-refractivity contribution in [3.63, 3.8) is 0 Å². The number of H-pyrrole nitrogens is 2. The first-order chi connectivity index (χ1) is 7.27. The largest absolute Gasteiger partial charge is 0.348 e. The zero-order valence-electron chi connectivity index (χ0n) is 7.97. The topological polar surface area (TPSA) is 100 Å². The fourth-order valence-corrected chi connectivity index (χ4v) is 1.32. The van der Waals surface area contributed by atoms with E-state index in [9.17, 15) is 4.79 Å². The molecular formula is C9H11N5O. The number of imidazole rings is 2. The maximum Gasteiger partial charge on any atom is 0.197 e. The van der Waals surface area contributed by atoms with Gasteiger partial charge in [-0.15, -0.1) is 0 Å². The van der Waals surface area contributed by atoms with Crippen molar-refractivity contribution in [2.45, 2.75) is 12.5 Å². The van der Waals surface area contributed by atoms with Crippen LogP contribution >= 0.6 is 0 Å². The predicted octanol–water partition coefficient (Wildman–Crippen LogP) is -0.115. The first-order valence-electron chi connectivity index (χ1n) is 4.53. The van der Waals surface area contributed by atoms with Crippen LogP contribution in [0.15, 0.2) is 25.0 Å². The fraction of sp³-hybridized carbons (Fsp3) is 0.222. The third kappa shape index (κ3) is 2.10. The highest BCUT2D eigenvalue weighted by atomic mass is 16.1. The van der Waals surface area contributed by atoms with Crippen LogP contribution in [0.3, 0.4) is 0 Å². The van der Waals surface area contributed by atoms with E-state index < -0.39 is 6.04 Å². The molecule has 0 aromatic carbocycles. The molecule has 0 aliphatic carbocycles. The fourth-order valence-electron chi connectivity index (χ4n) is 1.32. The number of nitrogens with two attached hydrogens (primary N) is 1. The van der Waals surface area contributed by atoms with E-state index in [4.69, 9.17) is 5.73 Å². The number of carbonyl (C=O) groups excluding carboxylic acids is 1. The zero-order valence-corrected chi connectivity index (χ0v) is 7.97. The summed E-state index contributed by atoms with van der Waals surface area (Å²) in [6.45, 7) is 0. The van der Waals surface area contributed by atoms with Gasteiger partial charge in [-0.25, -0.2) is 9.97 Å². The van der Waals surface area contributed by atoms with Crippen LogP contribution in [0.25, 0.3) is 0 Å². The highest BCUT2D eigenvalue weighted by Crippen LogP contribution is 2.02. The molecule has 2 aromatic rings. The Bertz CT molecular complexity index is 419. The summed E-state index contributed by atoms with van der Waals surface area (Å²) in [4.78, 5) is 25.0. The summed E-state index contributed by atoms with van der Waals surface area (Å²) in [7, 11) is 0. The summed E-state index contributed by atoms with van der Waals surface area (Å²) >= 11 is 0. The maximum atomic E-state index is 11.7. The van der Waals surface area contributed by atoms with E-state index in [1.54, 1.807) is 12.5 Å². The van der Waals surface area contributed by atoms with E-state index in [0.717, 1.165) is 5.69 Å². The molecule has 2 heterocycles. The second kappa shape index (κ2) is 4.05. The van der Waals surface area contributed by atoms with Crippen LogP contribution in [0.1, 0.15) is 16.2 Å². The molecule has 0 aliphatic heterocycles. The molecule has 1 atom stereocenters. The average Bonchev–Trinajstić information content (AvgIpc) is 2.88. The number of aromatic nitrogens is 4. The number of rotatable bonds is 4. The van der Waals surface area contributed by atoms with E-state index >= 15 is 0 Å². The van der Waals surface area contributed by atoms with Crippen LogP contribution in [0.5, 0.6) is 0 Å². The van der Waals surface area contributed by atoms with Gasteiger partial charge in [0.2, 0.25) is 0 Å². The minimum atomic E-state index is -0.578. The highest BCUT2D eigenvalue weighted by molar-refractivity contribution is 5.98. The molecule has 0 bridgehead atoms. The lowest BCUT2D eigenvalue weighted by atomic mass is 10.1. The van der Waals surface area contributed by atoms with Gasteiger partial charge in [-0.3, -0.25) is 4.79 Å². The van der Waals surface area contributed by atoms with Crippen LogP contribution < -0.4 is 5.73 Å². The quantitative estimate of drug-likeness (QED) is 0.606. The van der Waals surface area contributed by atoms with Crippen molar-refractivity contribution in [3.05, 3.63) is 36.4 Å². The molecule has 0 saturated heterocycles. The number of carbonyl (C=O) groups is 1. The van der Waals surface area contributed by atoms with Gasteiger partial charge in [0.1, 0.15) is 5.69 Å². The van der Waals surface area contributed by atoms with E-state index in [1.807, 2.05) is 0 Å². The van der Waals surface area contributed by atoms with Crippen molar-refractivity contribution in [2.24, 2.45) is 5.73 Å². The molecule has 0 unspecified atom stereocenters. The first-order valence-corrected chi connectivity index (χ1v) is 4.53. The molecule has 6 heteroatoms. The standard InChI is InChI=1S/C9H11N5O/c10-7(1-6-2-11-4-13-6)9(15)8-3-12-5-14-8/h2-5,7H,1,10H2,(H,11,13)(H,12,14)/t7-/m0/s1. The van der Waals surface area contributed by atoms with Crippen molar-refractivity contribution in [1.29, 1.82) is 0 Å². The van der Waals surface area contributed by atoms with Crippen molar-refractivity contribution in [2.75, 3.05) is 0 Å². The predicted molar refractivity (Wildman–Crippen MR) is 53.2 cm³/mol. The Kier molecular flexibility index (Phi) is 2.59. The molecule has 0 saturated carbocycles. The third-order valence-corrected chi connectivity index (χ3v) is 2.10. The van der Waals surface area contributed by atoms with Gasteiger partial charge >= 0.3 is 0 Å². The molecule has 6 nitrogen and oxygen atoms in total. The summed E-state index contributed by atoms with van der Waals surface area (Å²) in [5, 5.41) is 0. The molecule has 2 rings (SSSR count). The molecule has 78 valence electrons. The molecule has 0 radical (unpaired) electrons. The summed E-state index contributed by atoms with van der Waals surface area (Å²) in [5.74, 6) is -0.151. The third-order valence-electron chi connectivity index (χ3n) is 2.10. The number of aromatic amines is 2. The maximum absolute atomic E-state index is 11.7. The number of nitrogens with zero attached hydrogens (tertiary/aromatic N) is 2. The lowest BCUT2D eigenvalue weighted by molar-refractivity contribution is 0.0956. The molecule has 0 amide bonds. The molecular weight excluding hydrogens is 194 g/mol. The second-order valence-electron chi connectivity index (χ2n) is 3.22. The smallest absolute Gasteiger partial charge is 0.197 e. The minimum absolute atomic E-state index is 0.151. The van der Waals surface area contributed by atoms with Gasteiger partial charge in [-0.05, 0) is 0 Å². The summed E-state index contributed by atoms with van der Waals surface area (Å²) in [6.07, 6.45) is 6.58. The lowest BCUT2D eigenvalue weighted by Crippen LogP contribution is -2.33. The Morgan fingerprint density at radius 3 is 2.67 bits per heavy atom. The number of hydrogen-bond acceptors (Lipinski definition) is 4. The van der Waals surface area contributed by atoms with Crippen molar-refractivity contribution in [3.8, 4) is 0 Å². The molecule has 0 aliphatic rings. The summed E-state index contributed by atoms with van der Waals surface area (Å²) in [5.41, 5.74) is 7.03. The van der Waals surface area contributed by atoms with Crippen molar-refractivity contribution in [1.82, 2.24) is 19.9 Å². The Balaban J connectivity index is 2.03. The number of ketones is 1. The van der Waals surface area contributed by atoms with Crippen LogP contribution in [0, 0.1) is 0 Å². The van der Waals surface area contributed by atoms with E-state index in [0.29, 0.717) is 12.1 Å². The molecule has 2 aromatic heterocycles. The van der Waals surface area contributed by atoms with Crippen LogP contribution in [0.2, 0.25) is 0 Å². The van der Waals surface area contributed by atoms with Gasteiger partial charge < -0.3 is 15.7 Å². The van der Waals surface area contributed by atoms with Crippen molar-refractivity contribution < 1.29 is 4.79 Å². The summed E-state index contributed by atoms with van der Waals surface area (Å²) in [6, 6.07) is -0.578. The van der Waals surface area contributed by atoms with E-state index in [1.165, 1.54) is 12.5 Å². The average molecular weight is 205 g/mol. The van der Waals surface area contributed by atoms with Gasteiger partial charge in [0, 0.05) is 18.3 Å². The molecule has 0 fully saturated rings. The Labute approximate surface area is 85.9 Å². The van der Waals surface area contributed by atoms with Crippen molar-refractivity contribution >= 4 is 5.78 Å². The second-order valence-corrected chi connectivity index (χ2v) is 3.22. The van der Waals surface area contributed by atoms with Gasteiger partial charge in [0.15, 0.2) is 5.78 Å². The van der Waals surface area contributed by atoms with E-state index in [-0.39, 0.29) is 5.78 Å². The SMILES string of the molecule is N[C@@H](Cc1cnc[nH]1)C(=O)c1cnc[nH]1. The Morgan fingerprint density at radius 1 is 1.33 bits per heavy atom. The van der Waals surface area contributed by atoms with Crippen LogP contribution in [-0.2, 0) is 6.42 Å². The first kappa shape index (κ1) is 9.60. The number of nitrogens with one attached hydrogen (secondary N) is 2. The number of hydrogen-bond donors (Lipinski definition) is 3. The summed E-state index contributed by atoms with van der Waals surface area (Å²) < 4.78 is 0. The van der Waals surface area contributed by atoms with Gasteiger partial charge in [0.25, 0.3) is 0 Å². The Hall–Kier alpha value is -1.95. The highest BCUT2D eigenvalue weighted by Gasteiger charge is 2.17. The van der Waals surface area contributed by atoms with E-state index in [2.05, 4.69) is 19.9 Å². The zero-order chi connectivity index (χ0) is 10.7. The monoisotopic (exact) mass is 205 g/mol. The molecule has 0 spiro atoms. The normalized spacial score (nSPS) is 12.6. The number of Topliss-reactive ketones (excluding diaryl/α,β-unsaturated/α-hetero) is 1. The minimum Gasteiger partial charge on any atom is -0.348 e. The van der Waals surface area contributed by atoms with Gasteiger partial charge in [0.05, 0.1) is 24.9 Å². The van der Waals surface area contributed by atoms with Gasteiger partial charge in [-0.1, -0.05) is 0 Å². The molecule has 4 N–H and O–H groups in total. The molecule has 15 heavy (non-hydrogen) atoms. The van der Waals surface area contributed by atoms with Crippen LogP contribution in [0.4, 0.5) is 0 Å². The Morgan fingerprint density at radius 2 is 2.07 bits per heavy atom.